The molecular formula is C38H53ClN6O10. The number of hydrogen-bond donors (Lipinski definition) is 5. The molecule has 17 heteroatoms. The smallest absolute Gasteiger partial charge is 0.320 e. The van der Waals surface area contributed by atoms with Crippen molar-refractivity contribution in [3.05, 3.63) is 64.7 Å². The third-order valence-corrected chi connectivity index (χ3v) is 9.49. The highest BCUT2D eigenvalue weighted by molar-refractivity contribution is 6.30. The highest BCUT2D eigenvalue weighted by Gasteiger charge is 2.31. The summed E-state index contributed by atoms with van der Waals surface area (Å²) in [6.07, 6.45) is 1.86. The highest BCUT2D eigenvalue weighted by Crippen LogP contribution is 2.20. The second-order valence-corrected chi connectivity index (χ2v) is 14.3. The minimum atomic E-state index is -1.24. The molecule has 0 radical (unpaired) electrons. The van der Waals surface area contributed by atoms with E-state index in [-0.39, 0.29) is 77.1 Å². The normalized spacial score (nSPS) is 16.2. The van der Waals surface area contributed by atoms with Crippen LogP contribution < -0.4 is 15.4 Å². The van der Waals surface area contributed by atoms with Gasteiger partial charge < -0.3 is 35.5 Å². The van der Waals surface area contributed by atoms with Crippen LogP contribution in [0.15, 0.2) is 48.5 Å². The molecule has 0 spiro atoms. The predicted molar refractivity (Wildman–Crippen MR) is 205 cm³/mol. The average Bonchev–Trinajstić information content (AvgIpc) is 3.12. The number of amides is 2. The SMILES string of the molecule is CC(C)(Oc1ccc(CCNC(=O)c2ccc(Cl)cc2)cc1)C(=O)NCCCC(C(=O)O)N1CCN(CC=O)CCN(CC(=O)O)CCN(CC(=O)O)CC1. The summed E-state index contributed by atoms with van der Waals surface area (Å²) in [6.45, 7) is 5.77. The molecule has 2 aromatic rings. The van der Waals surface area contributed by atoms with E-state index < -0.39 is 29.6 Å². The summed E-state index contributed by atoms with van der Waals surface area (Å²) in [5.41, 5.74) is 0.237. The van der Waals surface area contributed by atoms with Crippen LogP contribution in [0.5, 0.6) is 5.75 Å². The molecule has 0 saturated carbocycles. The molecule has 1 atom stereocenters. The Kier molecular flexibility index (Phi) is 18.5. The zero-order chi connectivity index (χ0) is 40.4. The molecule has 2 amide bonds. The van der Waals surface area contributed by atoms with Gasteiger partial charge in [0.1, 0.15) is 18.1 Å². The maximum absolute atomic E-state index is 13.1. The number of halogens is 1. The van der Waals surface area contributed by atoms with Gasteiger partial charge in [-0.05, 0) is 75.1 Å². The first kappa shape index (κ1) is 44.8. The molecule has 0 bridgehead atoms. The second-order valence-electron chi connectivity index (χ2n) is 13.9. The summed E-state index contributed by atoms with van der Waals surface area (Å²) < 4.78 is 6.00. The van der Waals surface area contributed by atoms with Gasteiger partial charge in [-0.1, -0.05) is 23.7 Å². The molecule has 0 aliphatic carbocycles. The summed E-state index contributed by atoms with van der Waals surface area (Å²) in [5, 5.41) is 35.4. The monoisotopic (exact) mass is 788 g/mol. The number of hydrogen-bond acceptors (Lipinski definition) is 11. The first-order valence-electron chi connectivity index (χ1n) is 18.3. The van der Waals surface area contributed by atoms with E-state index in [1.54, 1.807) is 64.9 Å². The fraction of sp³-hybridized carbons (Fsp3) is 0.526. The Hall–Kier alpha value is -4.61. The van der Waals surface area contributed by atoms with Gasteiger partial charge >= 0.3 is 17.9 Å². The standard InChI is InChI=1S/C38H53ClN6O10/c1-38(2,55-31-11-5-28(6-12-31)13-15-40-35(51)29-7-9-30(39)10-8-29)37(54)41-14-3-4-32(36(52)53)45-22-20-42(24-25-46)16-17-43(26-33(47)48)18-19-44(21-23-45)27-34(49)50/h5-12,25,32H,3-4,13-24,26-27H2,1-2H3,(H,40,51)(H,41,54)(H,47,48)(H,49,50)(H,52,53). The average molecular weight is 789 g/mol. The van der Waals surface area contributed by atoms with Crippen molar-refractivity contribution in [3.8, 4) is 5.75 Å². The van der Waals surface area contributed by atoms with Gasteiger partial charge in [0.15, 0.2) is 5.60 Å². The van der Waals surface area contributed by atoms with Crippen molar-refractivity contribution in [1.29, 1.82) is 0 Å². The van der Waals surface area contributed by atoms with Crippen LogP contribution in [0.4, 0.5) is 0 Å². The highest BCUT2D eigenvalue weighted by atomic mass is 35.5. The Bertz CT molecular complexity index is 1580. The number of carbonyl (C=O) groups is 6. The Morgan fingerprint density at radius 2 is 1.33 bits per heavy atom. The second kappa shape index (κ2) is 22.7. The fourth-order valence-corrected chi connectivity index (χ4v) is 6.24. The fourth-order valence-electron chi connectivity index (χ4n) is 6.11. The largest absolute Gasteiger partial charge is 0.480 e. The van der Waals surface area contributed by atoms with E-state index in [9.17, 15) is 44.1 Å². The van der Waals surface area contributed by atoms with Gasteiger partial charge in [0.25, 0.3) is 11.8 Å². The third-order valence-electron chi connectivity index (χ3n) is 9.24. The number of aliphatic carboxylic acids is 3. The van der Waals surface area contributed by atoms with Gasteiger partial charge in [-0.3, -0.25) is 43.6 Å². The van der Waals surface area contributed by atoms with E-state index in [2.05, 4.69) is 10.6 Å². The van der Waals surface area contributed by atoms with Gasteiger partial charge in [-0.15, -0.1) is 0 Å². The molecule has 0 aromatic heterocycles. The number of rotatable bonds is 19. The van der Waals surface area contributed by atoms with E-state index in [0.29, 0.717) is 55.4 Å². The third kappa shape index (κ3) is 16.3. The summed E-state index contributed by atoms with van der Waals surface area (Å²) in [6, 6.07) is 12.9. The predicted octanol–water partition coefficient (Wildman–Crippen LogP) is 1.41. The maximum atomic E-state index is 13.1. The van der Waals surface area contributed by atoms with Crippen molar-refractivity contribution in [3.63, 3.8) is 0 Å². The molecular weight excluding hydrogens is 736 g/mol. The Labute approximate surface area is 326 Å². The van der Waals surface area contributed by atoms with Crippen LogP contribution in [0.2, 0.25) is 5.02 Å². The number of carboxylic acids is 3. The summed E-state index contributed by atoms with van der Waals surface area (Å²) >= 11 is 5.89. The van der Waals surface area contributed by atoms with Crippen LogP contribution in [-0.4, -0.2) is 168 Å². The van der Waals surface area contributed by atoms with Gasteiger partial charge in [0.05, 0.1) is 19.6 Å². The van der Waals surface area contributed by atoms with Crippen LogP contribution in [0, 0.1) is 0 Å². The Morgan fingerprint density at radius 3 is 1.87 bits per heavy atom. The molecule has 2 aromatic carbocycles. The number of aldehydes is 1. The summed E-state index contributed by atoms with van der Waals surface area (Å²) in [5.74, 6) is -3.23. The minimum absolute atomic E-state index is 0.0944. The number of nitrogens with one attached hydrogen (secondary N) is 2. The van der Waals surface area contributed by atoms with Crippen molar-refractivity contribution in [2.45, 2.75) is 44.8 Å². The molecule has 1 unspecified atom stereocenters. The minimum Gasteiger partial charge on any atom is -0.480 e. The summed E-state index contributed by atoms with van der Waals surface area (Å²) in [7, 11) is 0. The van der Waals surface area contributed by atoms with Crippen LogP contribution >= 0.6 is 11.6 Å². The zero-order valence-electron chi connectivity index (χ0n) is 31.5. The zero-order valence-corrected chi connectivity index (χ0v) is 32.2. The van der Waals surface area contributed by atoms with E-state index in [0.717, 1.165) is 11.8 Å². The van der Waals surface area contributed by atoms with Crippen molar-refractivity contribution < 1.29 is 48.8 Å². The van der Waals surface area contributed by atoms with Gasteiger partial charge in [-0.2, -0.15) is 0 Å². The lowest BCUT2D eigenvalue weighted by molar-refractivity contribution is -0.144. The van der Waals surface area contributed by atoms with Crippen LogP contribution in [0.3, 0.4) is 0 Å². The first-order chi connectivity index (χ1) is 26.2. The molecule has 55 heavy (non-hydrogen) atoms. The van der Waals surface area contributed by atoms with Gasteiger partial charge in [0, 0.05) is 76.0 Å². The first-order valence-corrected chi connectivity index (χ1v) is 18.7. The Morgan fingerprint density at radius 1 is 0.782 bits per heavy atom. The van der Waals surface area contributed by atoms with E-state index in [1.807, 2.05) is 17.0 Å². The molecule has 1 aliphatic heterocycles. The number of carboxylic acid groups (broad SMARTS) is 3. The van der Waals surface area contributed by atoms with E-state index in [1.165, 1.54) is 0 Å². The number of nitrogens with zero attached hydrogens (tertiary/aromatic N) is 4. The van der Waals surface area contributed by atoms with Crippen LogP contribution in [0.25, 0.3) is 0 Å². The van der Waals surface area contributed by atoms with Gasteiger partial charge in [0.2, 0.25) is 0 Å². The lowest BCUT2D eigenvalue weighted by atomic mass is 10.1. The van der Waals surface area contributed by atoms with Crippen LogP contribution in [-0.2, 0) is 30.4 Å². The molecule has 5 N–H and O–H groups in total. The quantitative estimate of drug-likeness (QED) is 0.101. The van der Waals surface area contributed by atoms with Crippen molar-refractivity contribution in [2.24, 2.45) is 0 Å². The van der Waals surface area contributed by atoms with E-state index >= 15 is 0 Å². The molecule has 1 heterocycles. The lowest BCUT2D eigenvalue weighted by Gasteiger charge is -2.35. The number of carbonyl (C=O) groups excluding carboxylic acids is 3. The Balaban J connectivity index is 1.53. The van der Waals surface area contributed by atoms with Crippen molar-refractivity contribution in [2.75, 3.05) is 85.1 Å². The van der Waals surface area contributed by atoms with E-state index in [4.69, 9.17) is 16.3 Å². The molecule has 302 valence electrons. The number of benzene rings is 2. The molecule has 1 aliphatic rings. The van der Waals surface area contributed by atoms with Crippen molar-refractivity contribution >= 4 is 47.6 Å². The summed E-state index contributed by atoms with van der Waals surface area (Å²) in [4.78, 5) is 79.4. The van der Waals surface area contributed by atoms with Crippen LogP contribution in [0.1, 0.15) is 42.6 Å². The molecule has 1 fully saturated rings. The maximum Gasteiger partial charge on any atom is 0.320 e. The number of ether oxygens (including phenoxy) is 1. The molecule has 1 saturated heterocycles. The topological polar surface area (TPSA) is 209 Å². The molecule has 3 rings (SSSR count). The lowest BCUT2D eigenvalue weighted by Crippen LogP contribution is -2.51. The van der Waals surface area contributed by atoms with Crippen molar-refractivity contribution in [1.82, 2.24) is 30.2 Å². The molecule has 16 nitrogen and oxygen atoms in total. The van der Waals surface area contributed by atoms with Gasteiger partial charge in [-0.25, -0.2) is 0 Å².